The Morgan fingerprint density at radius 2 is 2.11 bits per heavy atom. The molecule has 0 radical (unpaired) electrons. The Hall–Kier alpha value is -0.130. The third-order valence-electron chi connectivity index (χ3n) is 3.56. The molecule has 4 nitrogen and oxygen atoms in total. The normalized spacial score (nSPS) is 24.6. The molecule has 108 valence electrons. The summed E-state index contributed by atoms with van der Waals surface area (Å²) < 4.78 is 28.5. The lowest BCUT2D eigenvalue weighted by atomic mass is 9.89. The summed E-state index contributed by atoms with van der Waals surface area (Å²) in [7, 11) is -2.78. The van der Waals surface area contributed by atoms with Gasteiger partial charge in [0.15, 0.2) is 9.84 Å². The number of ether oxygens (including phenoxy) is 1. The maximum absolute atomic E-state index is 11.6. The lowest BCUT2D eigenvalue weighted by Crippen LogP contribution is -2.33. The first-order valence-electron chi connectivity index (χ1n) is 6.96. The number of hydrogen-bond acceptors (Lipinski definition) is 4. The zero-order chi connectivity index (χ0) is 13.6. The van der Waals surface area contributed by atoms with Crippen LogP contribution in [0.1, 0.15) is 33.6 Å². The molecule has 0 bridgehead atoms. The number of rotatable bonds is 8. The fourth-order valence-electron chi connectivity index (χ4n) is 2.47. The molecule has 2 unspecified atom stereocenters. The molecule has 2 atom stereocenters. The molecule has 1 heterocycles. The summed E-state index contributed by atoms with van der Waals surface area (Å²) in [6, 6.07) is 0.442. The highest BCUT2D eigenvalue weighted by Crippen LogP contribution is 2.28. The van der Waals surface area contributed by atoms with Crippen LogP contribution in [-0.2, 0) is 14.6 Å². The fourth-order valence-corrected chi connectivity index (χ4v) is 4.39. The molecule has 1 rings (SSSR count). The lowest BCUT2D eigenvalue weighted by Gasteiger charge is -2.24. The van der Waals surface area contributed by atoms with Crippen molar-refractivity contribution in [1.82, 2.24) is 5.32 Å². The molecule has 1 fully saturated rings. The SMILES string of the molecule is CCOCCC(CNC(C)C)C1CCS(=O)(=O)C1. The molecule has 5 heteroatoms. The Kier molecular flexibility index (Phi) is 6.60. The van der Waals surface area contributed by atoms with Crippen molar-refractivity contribution in [3.63, 3.8) is 0 Å². The van der Waals surface area contributed by atoms with Crippen LogP contribution in [0.2, 0.25) is 0 Å². The van der Waals surface area contributed by atoms with Crippen LogP contribution in [0.15, 0.2) is 0 Å². The third kappa shape index (κ3) is 5.67. The number of hydrogen-bond donors (Lipinski definition) is 1. The highest BCUT2D eigenvalue weighted by Gasteiger charge is 2.33. The van der Waals surface area contributed by atoms with Crippen LogP contribution in [0.4, 0.5) is 0 Å². The van der Waals surface area contributed by atoms with Crippen LogP contribution in [0.5, 0.6) is 0 Å². The summed E-state index contributed by atoms with van der Waals surface area (Å²) in [6.07, 6.45) is 1.77. The molecule has 0 aromatic rings. The Balaban J connectivity index is 2.48. The zero-order valence-electron chi connectivity index (χ0n) is 11.8. The van der Waals surface area contributed by atoms with Crippen LogP contribution in [0.3, 0.4) is 0 Å². The Morgan fingerprint density at radius 3 is 2.61 bits per heavy atom. The van der Waals surface area contributed by atoms with Crippen LogP contribution < -0.4 is 5.32 Å². The molecule has 0 saturated carbocycles. The summed E-state index contributed by atoms with van der Waals surface area (Å²) in [5.41, 5.74) is 0. The highest BCUT2D eigenvalue weighted by molar-refractivity contribution is 7.91. The van der Waals surface area contributed by atoms with Crippen molar-refractivity contribution in [3.05, 3.63) is 0 Å². The molecule has 0 aromatic heterocycles. The second-order valence-electron chi connectivity index (χ2n) is 5.47. The molecule has 0 aromatic carbocycles. The minimum atomic E-state index is -2.78. The van der Waals surface area contributed by atoms with Crippen LogP contribution in [0, 0.1) is 11.8 Å². The first-order valence-corrected chi connectivity index (χ1v) is 8.78. The minimum Gasteiger partial charge on any atom is -0.382 e. The molecule has 0 spiro atoms. The molecule has 0 aliphatic carbocycles. The van der Waals surface area contributed by atoms with Gasteiger partial charge in [0.25, 0.3) is 0 Å². The zero-order valence-corrected chi connectivity index (χ0v) is 12.6. The van der Waals surface area contributed by atoms with E-state index in [0.29, 0.717) is 29.4 Å². The molecular weight excluding hydrogens is 250 g/mol. The van der Waals surface area contributed by atoms with Gasteiger partial charge in [-0.25, -0.2) is 8.42 Å². The number of nitrogens with one attached hydrogen (secondary N) is 1. The predicted octanol–water partition coefficient (Wildman–Crippen LogP) is 1.46. The molecule has 1 saturated heterocycles. The van der Waals surface area contributed by atoms with Crippen molar-refractivity contribution in [2.75, 3.05) is 31.3 Å². The topological polar surface area (TPSA) is 55.4 Å². The number of sulfone groups is 1. The summed E-state index contributed by atoms with van der Waals surface area (Å²) in [5, 5.41) is 3.43. The van der Waals surface area contributed by atoms with Crippen molar-refractivity contribution in [3.8, 4) is 0 Å². The van der Waals surface area contributed by atoms with E-state index in [2.05, 4.69) is 19.2 Å². The Labute approximate surface area is 111 Å². The van der Waals surface area contributed by atoms with Gasteiger partial charge in [-0.2, -0.15) is 0 Å². The summed E-state index contributed by atoms with van der Waals surface area (Å²) in [5.74, 6) is 1.45. The first kappa shape index (κ1) is 15.9. The minimum absolute atomic E-state index is 0.307. The molecular formula is C13H27NO3S. The van der Waals surface area contributed by atoms with Gasteiger partial charge in [-0.15, -0.1) is 0 Å². The Bertz CT molecular complexity index is 327. The van der Waals surface area contributed by atoms with Gasteiger partial charge in [-0.05, 0) is 38.1 Å². The second-order valence-corrected chi connectivity index (χ2v) is 7.70. The lowest BCUT2D eigenvalue weighted by molar-refractivity contribution is 0.122. The van der Waals surface area contributed by atoms with Crippen molar-refractivity contribution in [1.29, 1.82) is 0 Å². The molecule has 18 heavy (non-hydrogen) atoms. The molecule has 1 aliphatic heterocycles. The van der Waals surface area contributed by atoms with Gasteiger partial charge >= 0.3 is 0 Å². The predicted molar refractivity (Wildman–Crippen MR) is 74.5 cm³/mol. The average Bonchev–Trinajstić information content (AvgIpc) is 2.63. The third-order valence-corrected chi connectivity index (χ3v) is 5.35. The van der Waals surface area contributed by atoms with Crippen LogP contribution in [-0.4, -0.2) is 45.7 Å². The monoisotopic (exact) mass is 277 g/mol. The van der Waals surface area contributed by atoms with E-state index in [9.17, 15) is 8.42 Å². The van der Waals surface area contributed by atoms with Gasteiger partial charge in [0.1, 0.15) is 0 Å². The van der Waals surface area contributed by atoms with E-state index in [1.807, 2.05) is 6.92 Å². The van der Waals surface area contributed by atoms with E-state index in [-0.39, 0.29) is 0 Å². The summed E-state index contributed by atoms with van der Waals surface area (Å²) in [6.45, 7) is 8.58. The standard InChI is InChI=1S/C13H27NO3S/c1-4-17-7-5-12(9-14-11(2)3)13-6-8-18(15,16)10-13/h11-14H,4-10H2,1-3H3. The maximum atomic E-state index is 11.6. The largest absolute Gasteiger partial charge is 0.382 e. The molecule has 0 amide bonds. The van der Waals surface area contributed by atoms with Gasteiger partial charge < -0.3 is 10.1 Å². The van der Waals surface area contributed by atoms with E-state index >= 15 is 0 Å². The van der Waals surface area contributed by atoms with E-state index in [4.69, 9.17) is 4.74 Å². The van der Waals surface area contributed by atoms with Crippen molar-refractivity contribution in [2.24, 2.45) is 11.8 Å². The van der Waals surface area contributed by atoms with Gasteiger partial charge in [0, 0.05) is 19.3 Å². The second kappa shape index (κ2) is 7.46. The van der Waals surface area contributed by atoms with Gasteiger partial charge in [-0.3, -0.25) is 0 Å². The molecule has 1 N–H and O–H groups in total. The van der Waals surface area contributed by atoms with E-state index < -0.39 is 9.84 Å². The van der Waals surface area contributed by atoms with Gasteiger partial charge in [-0.1, -0.05) is 13.8 Å². The quantitative estimate of drug-likeness (QED) is 0.683. The molecule has 1 aliphatic rings. The maximum Gasteiger partial charge on any atom is 0.150 e. The summed E-state index contributed by atoms with van der Waals surface area (Å²) >= 11 is 0. The Morgan fingerprint density at radius 1 is 1.39 bits per heavy atom. The van der Waals surface area contributed by atoms with E-state index in [1.54, 1.807) is 0 Å². The average molecular weight is 277 g/mol. The van der Waals surface area contributed by atoms with E-state index in [1.165, 1.54) is 0 Å². The van der Waals surface area contributed by atoms with Crippen molar-refractivity contribution in [2.45, 2.75) is 39.7 Å². The van der Waals surface area contributed by atoms with Crippen LogP contribution >= 0.6 is 0 Å². The fraction of sp³-hybridized carbons (Fsp3) is 1.00. The summed E-state index contributed by atoms with van der Waals surface area (Å²) in [4.78, 5) is 0. The van der Waals surface area contributed by atoms with Gasteiger partial charge in [0.05, 0.1) is 11.5 Å². The van der Waals surface area contributed by atoms with Crippen LogP contribution in [0.25, 0.3) is 0 Å². The van der Waals surface area contributed by atoms with E-state index in [0.717, 1.165) is 32.6 Å². The first-order chi connectivity index (χ1) is 8.44. The van der Waals surface area contributed by atoms with Gasteiger partial charge in [0.2, 0.25) is 0 Å². The highest BCUT2D eigenvalue weighted by atomic mass is 32.2. The van der Waals surface area contributed by atoms with Crippen molar-refractivity contribution < 1.29 is 13.2 Å². The van der Waals surface area contributed by atoms with Crippen molar-refractivity contribution >= 4 is 9.84 Å². The smallest absolute Gasteiger partial charge is 0.150 e.